The fraction of sp³-hybridized carbons (Fsp3) is 0.400. The summed E-state index contributed by atoms with van der Waals surface area (Å²) >= 11 is 0. The predicted octanol–water partition coefficient (Wildman–Crippen LogP) is 1.11. The molecular formula is C10H14O6S2. The molecule has 0 fully saturated rings. The minimum absolute atomic E-state index is 0.217. The van der Waals surface area contributed by atoms with E-state index in [4.69, 9.17) is 9.11 Å². The SMILES string of the molecule is O=S(=O)(O)C(CCCc1ccccc1)S(=O)(=O)O. The molecule has 18 heavy (non-hydrogen) atoms. The minimum Gasteiger partial charge on any atom is -0.284 e. The zero-order valence-corrected chi connectivity index (χ0v) is 11.1. The molecule has 0 aliphatic carbocycles. The van der Waals surface area contributed by atoms with Gasteiger partial charge < -0.3 is 0 Å². The van der Waals surface area contributed by atoms with Crippen molar-refractivity contribution in [3.05, 3.63) is 35.9 Å². The third kappa shape index (κ3) is 4.73. The molecule has 0 radical (unpaired) electrons. The van der Waals surface area contributed by atoms with Crippen LogP contribution in [0, 0.1) is 0 Å². The lowest BCUT2D eigenvalue weighted by Gasteiger charge is -2.10. The molecule has 0 saturated heterocycles. The quantitative estimate of drug-likeness (QED) is 0.761. The van der Waals surface area contributed by atoms with Crippen molar-refractivity contribution in [1.29, 1.82) is 0 Å². The molecular weight excluding hydrogens is 280 g/mol. The Kier molecular flexibility index (Phi) is 4.85. The van der Waals surface area contributed by atoms with Crippen molar-refractivity contribution < 1.29 is 25.9 Å². The first-order chi connectivity index (χ1) is 8.21. The average Bonchev–Trinajstić information content (AvgIpc) is 2.22. The second kappa shape index (κ2) is 5.79. The molecule has 8 heteroatoms. The van der Waals surface area contributed by atoms with Crippen LogP contribution in [-0.4, -0.2) is 30.5 Å². The smallest absolute Gasteiger partial charge is 0.284 e. The molecule has 0 aliphatic rings. The van der Waals surface area contributed by atoms with E-state index in [-0.39, 0.29) is 12.8 Å². The Morgan fingerprint density at radius 1 is 0.944 bits per heavy atom. The van der Waals surface area contributed by atoms with E-state index >= 15 is 0 Å². The van der Waals surface area contributed by atoms with Crippen molar-refractivity contribution in [3.63, 3.8) is 0 Å². The van der Waals surface area contributed by atoms with Gasteiger partial charge in [-0.1, -0.05) is 30.3 Å². The Labute approximate surface area is 106 Å². The van der Waals surface area contributed by atoms with E-state index in [0.717, 1.165) is 5.56 Å². The summed E-state index contributed by atoms with van der Waals surface area (Å²) in [5.74, 6) is 0. The first-order valence-corrected chi connectivity index (χ1v) is 8.18. The normalized spacial score (nSPS) is 12.8. The van der Waals surface area contributed by atoms with Crippen LogP contribution >= 0.6 is 0 Å². The van der Waals surface area contributed by atoms with Crippen molar-refractivity contribution in [3.8, 4) is 0 Å². The molecule has 6 nitrogen and oxygen atoms in total. The second-order valence-corrected chi connectivity index (χ2v) is 7.33. The van der Waals surface area contributed by atoms with Crippen LogP contribution in [0.2, 0.25) is 0 Å². The van der Waals surface area contributed by atoms with Crippen molar-refractivity contribution >= 4 is 20.2 Å². The van der Waals surface area contributed by atoms with Crippen molar-refractivity contribution in [1.82, 2.24) is 0 Å². The van der Waals surface area contributed by atoms with Gasteiger partial charge in [0.25, 0.3) is 20.2 Å². The zero-order valence-electron chi connectivity index (χ0n) is 9.43. The highest BCUT2D eigenvalue weighted by Gasteiger charge is 2.34. The van der Waals surface area contributed by atoms with Gasteiger partial charge in [-0.2, -0.15) is 16.8 Å². The lowest BCUT2D eigenvalue weighted by atomic mass is 10.1. The molecule has 0 saturated carbocycles. The van der Waals surface area contributed by atoms with E-state index in [0.29, 0.717) is 6.42 Å². The highest BCUT2D eigenvalue weighted by Crippen LogP contribution is 2.15. The minimum atomic E-state index is -4.82. The Morgan fingerprint density at radius 2 is 1.44 bits per heavy atom. The number of hydrogen-bond donors (Lipinski definition) is 2. The third-order valence-corrected chi connectivity index (χ3v) is 5.67. The summed E-state index contributed by atoms with van der Waals surface area (Å²) in [5.41, 5.74) is 0.918. The topological polar surface area (TPSA) is 109 Å². The van der Waals surface area contributed by atoms with Gasteiger partial charge in [0.15, 0.2) is 0 Å². The van der Waals surface area contributed by atoms with Gasteiger partial charge in [0.2, 0.25) is 4.58 Å². The predicted molar refractivity (Wildman–Crippen MR) is 66.3 cm³/mol. The maximum absolute atomic E-state index is 10.8. The summed E-state index contributed by atoms with van der Waals surface area (Å²) in [5, 5.41) is 0. The van der Waals surface area contributed by atoms with Gasteiger partial charge in [0, 0.05) is 0 Å². The molecule has 102 valence electrons. The monoisotopic (exact) mass is 294 g/mol. The molecule has 1 rings (SSSR count). The summed E-state index contributed by atoms with van der Waals surface area (Å²) < 4.78 is 58.7. The van der Waals surface area contributed by atoms with Crippen molar-refractivity contribution in [2.24, 2.45) is 0 Å². The van der Waals surface area contributed by atoms with Crippen molar-refractivity contribution in [2.75, 3.05) is 0 Å². The fourth-order valence-corrected chi connectivity index (χ4v) is 3.73. The number of aryl methyl sites for hydroxylation is 1. The van der Waals surface area contributed by atoms with Crippen LogP contribution in [0.15, 0.2) is 30.3 Å². The summed E-state index contributed by atoms with van der Waals surface area (Å²) in [6, 6.07) is 9.06. The standard InChI is InChI=1S/C10H14O6S2/c11-17(12,13)10(18(14,15)16)8-4-7-9-5-2-1-3-6-9/h1-3,5-6,10H,4,7-8H2,(H,11,12,13)(H,14,15,16). The highest BCUT2D eigenvalue weighted by atomic mass is 32.3. The molecule has 0 bridgehead atoms. The maximum Gasteiger partial charge on any atom is 0.284 e. The lowest BCUT2D eigenvalue weighted by molar-refractivity contribution is 0.448. The number of rotatable bonds is 6. The molecule has 2 N–H and O–H groups in total. The first kappa shape index (κ1) is 15.1. The van der Waals surface area contributed by atoms with Gasteiger partial charge in [-0.15, -0.1) is 0 Å². The molecule has 0 spiro atoms. The van der Waals surface area contributed by atoms with Crippen LogP contribution in [0.3, 0.4) is 0 Å². The summed E-state index contributed by atoms with van der Waals surface area (Å²) in [7, 11) is -9.63. The van der Waals surface area contributed by atoms with Gasteiger partial charge >= 0.3 is 0 Å². The molecule has 0 aliphatic heterocycles. The Bertz CT molecular complexity index is 544. The largest absolute Gasteiger partial charge is 0.284 e. The summed E-state index contributed by atoms with van der Waals surface area (Å²) in [6.07, 6.45) is 0.323. The van der Waals surface area contributed by atoms with E-state index in [9.17, 15) is 16.8 Å². The first-order valence-electron chi connectivity index (χ1n) is 5.18. The second-order valence-electron chi connectivity index (χ2n) is 3.84. The van der Waals surface area contributed by atoms with E-state index in [1.165, 1.54) is 0 Å². The fourth-order valence-electron chi connectivity index (χ4n) is 1.57. The van der Waals surface area contributed by atoms with E-state index < -0.39 is 24.8 Å². The van der Waals surface area contributed by atoms with Gasteiger partial charge in [0.05, 0.1) is 0 Å². The van der Waals surface area contributed by atoms with Crippen LogP contribution in [0.5, 0.6) is 0 Å². The molecule has 0 unspecified atom stereocenters. The van der Waals surface area contributed by atoms with Gasteiger partial charge in [-0.3, -0.25) is 9.11 Å². The Morgan fingerprint density at radius 3 is 1.89 bits per heavy atom. The van der Waals surface area contributed by atoms with Gasteiger partial charge in [-0.25, -0.2) is 0 Å². The number of benzene rings is 1. The zero-order chi connectivity index (χ0) is 13.8. The maximum atomic E-state index is 10.8. The van der Waals surface area contributed by atoms with Crippen LogP contribution < -0.4 is 0 Å². The van der Waals surface area contributed by atoms with Crippen LogP contribution in [0.4, 0.5) is 0 Å². The van der Waals surface area contributed by atoms with Crippen LogP contribution in [0.25, 0.3) is 0 Å². The number of hydrogen-bond acceptors (Lipinski definition) is 4. The molecule has 0 amide bonds. The summed E-state index contributed by atoms with van der Waals surface area (Å²) in [6.45, 7) is 0. The van der Waals surface area contributed by atoms with Gasteiger partial charge in [-0.05, 0) is 24.8 Å². The Hall–Kier alpha value is -0.960. The summed E-state index contributed by atoms with van der Waals surface area (Å²) in [4.78, 5) is 0. The third-order valence-electron chi connectivity index (χ3n) is 2.41. The Balaban J connectivity index is 2.66. The van der Waals surface area contributed by atoms with Gasteiger partial charge in [0.1, 0.15) is 0 Å². The van der Waals surface area contributed by atoms with Crippen LogP contribution in [0.1, 0.15) is 18.4 Å². The average molecular weight is 294 g/mol. The molecule has 0 atom stereocenters. The molecule has 0 heterocycles. The van der Waals surface area contributed by atoms with E-state index in [2.05, 4.69) is 0 Å². The lowest BCUT2D eigenvalue weighted by Crippen LogP contribution is -2.29. The van der Waals surface area contributed by atoms with E-state index in [1.54, 1.807) is 12.1 Å². The molecule has 1 aromatic carbocycles. The van der Waals surface area contributed by atoms with E-state index in [1.807, 2.05) is 18.2 Å². The molecule has 0 aromatic heterocycles. The highest BCUT2D eigenvalue weighted by molar-refractivity contribution is 8.03. The molecule has 1 aromatic rings. The van der Waals surface area contributed by atoms with Crippen LogP contribution in [-0.2, 0) is 26.7 Å². The van der Waals surface area contributed by atoms with Crippen molar-refractivity contribution in [2.45, 2.75) is 23.8 Å².